The lowest BCUT2D eigenvalue weighted by atomic mass is 10.1. The SMILES string of the molecule is CCCCN(C)C(=O)c1ccc2c(c1)N(Cc1ccccc1F)C(=O)c1ccccc1[S@]2=O. The fraction of sp³-hybridized carbons (Fsp3) is 0.231. The first-order valence-corrected chi connectivity index (χ1v) is 12.0. The molecular weight excluding hydrogens is 439 g/mol. The second-order valence-corrected chi connectivity index (χ2v) is 9.43. The van der Waals surface area contributed by atoms with E-state index in [0.29, 0.717) is 38.7 Å². The predicted octanol–water partition coefficient (Wildman–Crippen LogP) is 5.02. The molecule has 0 aliphatic carbocycles. The monoisotopic (exact) mass is 464 g/mol. The molecule has 0 bridgehead atoms. The van der Waals surface area contributed by atoms with E-state index in [9.17, 15) is 18.2 Å². The number of hydrogen-bond acceptors (Lipinski definition) is 3. The molecule has 0 fully saturated rings. The molecule has 2 amide bonds. The van der Waals surface area contributed by atoms with Crippen LogP contribution in [0.3, 0.4) is 0 Å². The normalized spacial score (nSPS) is 14.9. The Kier molecular flexibility index (Phi) is 6.70. The van der Waals surface area contributed by atoms with Gasteiger partial charge in [-0.05, 0) is 42.8 Å². The van der Waals surface area contributed by atoms with Crippen LogP contribution in [0.2, 0.25) is 0 Å². The van der Waals surface area contributed by atoms with Crippen molar-refractivity contribution < 1.29 is 18.2 Å². The summed E-state index contributed by atoms with van der Waals surface area (Å²) in [7, 11) is 0.106. The molecule has 170 valence electrons. The van der Waals surface area contributed by atoms with E-state index in [-0.39, 0.29) is 18.4 Å². The number of fused-ring (bicyclic) bond motifs is 2. The van der Waals surface area contributed by atoms with E-state index >= 15 is 0 Å². The Bertz CT molecular complexity index is 1240. The highest BCUT2D eigenvalue weighted by Crippen LogP contribution is 2.36. The summed E-state index contributed by atoms with van der Waals surface area (Å²) in [5.74, 6) is -1.00. The second kappa shape index (κ2) is 9.67. The largest absolute Gasteiger partial charge is 0.342 e. The van der Waals surface area contributed by atoms with Gasteiger partial charge in [0.15, 0.2) is 0 Å². The molecule has 1 aliphatic heterocycles. The van der Waals surface area contributed by atoms with Gasteiger partial charge in [0.1, 0.15) is 5.82 Å². The van der Waals surface area contributed by atoms with Gasteiger partial charge in [-0.15, -0.1) is 0 Å². The van der Waals surface area contributed by atoms with Crippen molar-refractivity contribution >= 4 is 28.3 Å². The van der Waals surface area contributed by atoms with Crippen LogP contribution in [0.1, 0.15) is 46.0 Å². The maximum atomic E-state index is 14.5. The number of anilines is 1. The van der Waals surface area contributed by atoms with Crippen molar-refractivity contribution in [1.82, 2.24) is 4.90 Å². The van der Waals surface area contributed by atoms with E-state index in [1.54, 1.807) is 72.6 Å². The first-order chi connectivity index (χ1) is 15.9. The highest BCUT2D eigenvalue weighted by atomic mass is 32.2. The van der Waals surface area contributed by atoms with Gasteiger partial charge in [-0.25, -0.2) is 8.60 Å². The van der Waals surface area contributed by atoms with Crippen molar-refractivity contribution in [2.45, 2.75) is 36.1 Å². The number of amides is 2. The number of halogens is 1. The Morgan fingerprint density at radius 2 is 1.76 bits per heavy atom. The number of benzene rings is 3. The maximum absolute atomic E-state index is 14.5. The third-order valence-electron chi connectivity index (χ3n) is 5.74. The van der Waals surface area contributed by atoms with E-state index < -0.39 is 16.6 Å². The summed E-state index contributed by atoms with van der Waals surface area (Å²) in [6.45, 7) is 2.62. The standard InChI is InChI=1S/C26H25FN2O3S/c1-3-4-15-28(2)25(30)18-13-14-24-22(16-18)29(17-19-9-5-7-11-21(19)27)26(31)20-10-6-8-12-23(20)33(24)32/h5-14,16H,3-4,15,17H2,1-2H3/t33-/m1/s1. The molecule has 1 atom stereocenters. The molecular formula is C26H25FN2O3S. The van der Waals surface area contributed by atoms with Crippen LogP contribution >= 0.6 is 0 Å². The van der Waals surface area contributed by atoms with Crippen molar-refractivity contribution in [1.29, 1.82) is 0 Å². The van der Waals surface area contributed by atoms with Crippen LogP contribution in [0.25, 0.3) is 0 Å². The highest BCUT2D eigenvalue weighted by Gasteiger charge is 2.32. The highest BCUT2D eigenvalue weighted by molar-refractivity contribution is 7.85. The van der Waals surface area contributed by atoms with Crippen LogP contribution in [-0.4, -0.2) is 34.5 Å². The van der Waals surface area contributed by atoms with Crippen molar-refractivity contribution in [3.05, 3.63) is 89.2 Å². The average molecular weight is 465 g/mol. The lowest BCUT2D eigenvalue weighted by molar-refractivity contribution is 0.0792. The molecule has 0 radical (unpaired) electrons. The minimum atomic E-state index is -1.63. The fourth-order valence-electron chi connectivity index (χ4n) is 3.87. The zero-order valence-corrected chi connectivity index (χ0v) is 19.4. The number of nitrogens with zero attached hydrogens (tertiary/aromatic N) is 2. The van der Waals surface area contributed by atoms with E-state index in [2.05, 4.69) is 6.92 Å². The van der Waals surface area contributed by atoms with Gasteiger partial charge in [0.2, 0.25) is 0 Å². The topological polar surface area (TPSA) is 57.7 Å². The number of unbranched alkanes of at least 4 members (excludes halogenated alkanes) is 1. The zero-order valence-electron chi connectivity index (χ0n) is 18.6. The average Bonchev–Trinajstić information content (AvgIpc) is 2.92. The predicted molar refractivity (Wildman–Crippen MR) is 126 cm³/mol. The van der Waals surface area contributed by atoms with Crippen LogP contribution in [0.5, 0.6) is 0 Å². The first kappa shape index (κ1) is 22.9. The smallest absolute Gasteiger partial charge is 0.259 e. The maximum Gasteiger partial charge on any atom is 0.259 e. The van der Waals surface area contributed by atoms with E-state index in [4.69, 9.17) is 0 Å². The van der Waals surface area contributed by atoms with E-state index in [0.717, 1.165) is 12.8 Å². The summed E-state index contributed by atoms with van der Waals surface area (Å²) in [5.41, 5.74) is 1.38. The lowest BCUT2D eigenvalue weighted by Crippen LogP contribution is -2.31. The molecule has 0 unspecified atom stereocenters. The van der Waals surface area contributed by atoms with Crippen LogP contribution in [0.4, 0.5) is 10.1 Å². The minimum Gasteiger partial charge on any atom is -0.342 e. The Balaban J connectivity index is 1.84. The lowest BCUT2D eigenvalue weighted by Gasteiger charge is -2.24. The molecule has 0 N–H and O–H groups in total. The van der Waals surface area contributed by atoms with Gasteiger partial charge in [-0.2, -0.15) is 0 Å². The molecule has 33 heavy (non-hydrogen) atoms. The molecule has 5 nitrogen and oxygen atoms in total. The summed E-state index contributed by atoms with van der Waals surface area (Å²) < 4.78 is 28.0. The Morgan fingerprint density at radius 1 is 1.03 bits per heavy atom. The number of carbonyl (C=O) groups is 2. The Labute approximate surface area is 195 Å². The molecule has 1 heterocycles. The molecule has 0 saturated heterocycles. The third kappa shape index (κ3) is 4.46. The van der Waals surface area contributed by atoms with Gasteiger partial charge in [0.05, 0.1) is 38.4 Å². The summed E-state index contributed by atoms with van der Waals surface area (Å²) in [6, 6.07) is 17.9. The quantitative estimate of drug-likeness (QED) is 0.514. The summed E-state index contributed by atoms with van der Waals surface area (Å²) >= 11 is 0. The first-order valence-electron chi connectivity index (χ1n) is 10.9. The van der Waals surface area contributed by atoms with Gasteiger partial charge >= 0.3 is 0 Å². The van der Waals surface area contributed by atoms with Crippen molar-refractivity contribution in [3.63, 3.8) is 0 Å². The van der Waals surface area contributed by atoms with Crippen molar-refractivity contribution in [2.75, 3.05) is 18.5 Å². The fourth-order valence-corrected chi connectivity index (χ4v) is 5.21. The summed E-state index contributed by atoms with van der Waals surface area (Å²) in [5, 5.41) is 0. The molecule has 1 aliphatic rings. The number of hydrogen-bond donors (Lipinski definition) is 0. The van der Waals surface area contributed by atoms with Crippen LogP contribution in [0, 0.1) is 5.82 Å². The van der Waals surface area contributed by atoms with Crippen molar-refractivity contribution in [3.8, 4) is 0 Å². The minimum absolute atomic E-state index is 0.0483. The molecule has 0 spiro atoms. The molecule has 0 aromatic heterocycles. The van der Waals surface area contributed by atoms with E-state index in [1.807, 2.05) is 0 Å². The van der Waals surface area contributed by atoms with E-state index in [1.165, 1.54) is 11.0 Å². The third-order valence-corrected chi connectivity index (χ3v) is 7.24. The van der Waals surface area contributed by atoms with Gasteiger partial charge < -0.3 is 9.80 Å². The second-order valence-electron chi connectivity index (χ2n) is 8.01. The zero-order chi connectivity index (χ0) is 23.5. The summed E-state index contributed by atoms with van der Waals surface area (Å²) in [4.78, 5) is 30.5. The van der Waals surface area contributed by atoms with Gasteiger partial charge in [0, 0.05) is 24.7 Å². The Morgan fingerprint density at radius 3 is 2.52 bits per heavy atom. The van der Waals surface area contributed by atoms with Gasteiger partial charge in [0.25, 0.3) is 11.8 Å². The summed E-state index contributed by atoms with van der Waals surface area (Å²) in [6.07, 6.45) is 1.84. The molecule has 0 saturated carbocycles. The molecule has 3 aromatic rings. The van der Waals surface area contributed by atoms with Crippen LogP contribution in [-0.2, 0) is 17.3 Å². The van der Waals surface area contributed by atoms with Gasteiger partial charge in [-0.1, -0.05) is 43.7 Å². The van der Waals surface area contributed by atoms with Crippen LogP contribution in [0.15, 0.2) is 76.5 Å². The Hall–Kier alpha value is -3.32. The molecule has 7 heteroatoms. The van der Waals surface area contributed by atoms with Crippen molar-refractivity contribution in [2.24, 2.45) is 0 Å². The molecule has 4 rings (SSSR count). The number of carbonyl (C=O) groups excluding carboxylic acids is 2. The number of rotatable bonds is 6. The van der Waals surface area contributed by atoms with Gasteiger partial charge in [-0.3, -0.25) is 9.59 Å². The van der Waals surface area contributed by atoms with Crippen LogP contribution < -0.4 is 4.90 Å². The molecule has 3 aromatic carbocycles.